The molecule has 152 valence electrons. The zero-order valence-corrected chi connectivity index (χ0v) is 16.7. The van der Waals surface area contributed by atoms with E-state index in [-0.39, 0.29) is 22.4 Å². The van der Waals surface area contributed by atoms with Crippen LogP contribution in [0, 0.1) is 10.1 Å². The van der Waals surface area contributed by atoms with Gasteiger partial charge in [0.1, 0.15) is 0 Å². The van der Waals surface area contributed by atoms with Crippen LogP contribution in [0.25, 0.3) is 0 Å². The van der Waals surface area contributed by atoms with Gasteiger partial charge in [-0.2, -0.15) is 0 Å². The maximum absolute atomic E-state index is 12.9. The van der Waals surface area contributed by atoms with E-state index in [2.05, 4.69) is 17.0 Å². The highest BCUT2D eigenvalue weighted by atomic mass is 16.6. The summed E-state index contributed by atoms with van der Waals surface area (Å²) in [5.74, 6) is 0.135. The van der Waals surface area contributed by atoms with Gasteiger partial charge in [0.25, 0.3) is 5.69 Å². The maximum Gasteiger partial charge on any atom is 0.269 e. The number of nitro benzene ring substituents is 1. The van der Waals surface area contributed by atoms with Gasteiger partial charge in [0, 0.05) is 42.4 Å². The minimum atomic E-state index is -0.348. The summed E-state index contributed by atoms with van der Waals surface area (Å²) in [4.78, 5) is 26.0. The first-order chi connectivity index (χ1) is 14.6. The van der Waals surface area contributed by atoms with Gasteiger partial charge in [-0.1, -0.05) is 60.7 Å². The number of rotatable bonds is 7. The van der Waals surface area contributed by atoms with Gasteiger partial charge in [0.15, 0.2) is 5.78 Å². The summed E-state index contributed by atoms with van der Waals surface area (Å²) in [5, 5.41) is 11.2. The number of fused-ring (bicyclic) bond motifs is 1. The maximum atomic E-state index is 12.9. The van der Waals surface area contributed by atoms with Crippen LogP contribution in [-0.2, 0) is 12.8 Å². The Balaban J connectivity index is 1.59. The minimum absolute atomic E-state index is 0.0791. The summed E-state index contributed by atoms with van der Waals surface area (Å²) < 4.78 is 0. The molecule has 1 aliphatic heterocycles. The molecule has 30 heavy (non-hydrogen) atoms. The number of non-ortho nitro benzene ring substituents is 1. The van der Waals surface area contributed by atoms with E-state index in [9.17, 15) is 14.9 Å². The second-order valence-electron chi connectivity index (χ2n) is 7.68. The Bertz CT molecular complexity index is 1030. The summed E-state index contributed by atoms with van der Waals surface area (Å²) in [5.41, 5.74) is 4.08. The van der Waals surface area contributed by atoms with Crippen LogP contribution in [0.1, 0.15) is 34.3 Å². The second-order valence-corrected chi connectivity index (χ2v) is 7.68. The highest BCUT2D eigenvalue weighted by Crippen LogP contribution is 2.35. The lowest BCUT2D eigenvalue weighted by Gasteiger charge is -2.39. The smallest absolute Gasteiger partial charge is 0.269 e. The van der Waals surface area contributed by atoms with Crippen LogP contribution >= 0.6 is 0 Å². The first kappa shape index (κ1) is 19.8. The van der Waals surface area contributed by atoms with Crippen molar-refractivity contribution in [1.29, 1.82) is 0 Å². The summed E-state index contributed by atoms with van der Waals surface area (Å²) in [7, 11) is 0. The Morgan fingerprint density at radius 2 is 1.70 bits per heavy atom. The van der Waals surface area contributed by atoms with Crippen molar-refractivity contribution in [2.75, 3.05) is 11.4 Å². The lowest BCUT2D eigenvalue weighted by atomic mass is 9.90. The molecule has 3 aromatic carbocycles. The molecule has 4 rings (SSSR count). The Hall–Kier alpha value is -3.47. The number of nitrogens with zero attached hydrogens (tertiary/aromatic N) is 2. The molecule has 1 heterocycles. The van der Waals surface area contributed by atoms with Crippen LogP contribution in [0.5, 0.6) is 0 Å². The van der Waals surface area contributed by atoms with Crippen LogP contribution in [-0.4, -0.2) is 23.3 Å². The molecule has 0 saturated heterocycles. The third-order valence-corrected chi connectivity index (χ3v) is 5.77. The predicted molar refractivity (Wildman–Crippen MR) is 118 cm³/mol. The van der Waals surface area contributed by atoms with E-state index in [0.29, 0.717) is 6.42 Å². The normalized spacial score (nSPS) is 15.5. The van der Waals surface area contributed by atoms with Gasteiger partial charge in [-0.05, 0) is 36.5 Å². The zero-order chi connectivity index (χ0) is 20.9. The van der Waals surface area contributed by atoms with Gasteiger partial charge in [0.05, 0.1) is 4.92 Å². The van der Waals surface area contributed by atoms with Gasteiger partial charge in [-0.15, -0.1) is 0 Å². The van der Waals surface area contributed by atoms with E-state index < -0.39 is 0 Å². The van der Waals surface area contributed by atoms with Gasteiger partial charge in [0.2, 0.25) is 0 Å². The molecule has 0 bridgehead atoms. The number of ketones is 1. The van der Waals surface area contributed by atoms with Crippen molar-refractivity contribution in [2.45, 2.75) is 31.7 Å². The molecule has 0 unspecified atom stereocenters. The van der Waals surface area contributed by atoms with Gasteiger partial charge < -0.3 is 4.90 Å². The monoisotopic (exact) mass is 400 g/mol. The first-order valence-corrected chi connectivity index (χ1v) is 10.3. The van der Waals surface area contributed by atoms with Crippen LogP contribution in [0.15, 0.2) is 78.9 Å². The third-order valence-electron chi connectivity index (χ3n) is 5.77. The fourth-order valence-corrected chi connectivity index (χ4v) is 4.21. The quantitative estimate of drug-likeness (QED) is 0.309. The van der Waals surface area contributed by atoms with Crippen molar-refractivity contribution in [3.8, 4) is 0 Å². The third kappa shape index (κ3) is 4.40. The second kappa shape index (κ2) is 8.91. The number of hydrogen-bond acceptors (Lipinski definition) is 4. The topological polar surface area (TPSA) is 63.4 Å². The van der Waals surface area contributed by atoms with E-state index in [1.807, 2.05) is 54.6 Å². The van der Waals surface area contributed by atoms with Crippen molar-refractivity contribution in [1.82, 2.24) is 0 Å². The molecule has 3 aromatic rings. The van der Waals surface area contributed by atoms with E-state index in [4.69, 9.17) is 0 Å². The lowest BCUT2D eigenvalue weighted by molar-refractivity contribution is -0.384. The van der Waals surface area contributed by atoms with E-state index in [1.165, 1.54) is 5.56 Å². The Kier molecular flexibility index (Phi) is 5.89. The molecule has 0 aromatic heterocycles. The Morgan fingerprint density at radius 3 is 2.40 bits per heavy atom. The lowest BCUT2D eigenvalue weighted by Crippen LogP contribution is -2.42. The number of hydrogen-bond donors (Lipinski definition) is 0. The Morgan fingerprint density at radius 1 is 1.00 bits per heavy atom. The molecule has 0 saturated carbocycles. The molecule has 0 amide bonds. The summed E-state index contributed by atoms with van der Waals surface area (Å²) >= 11 is 0. The molecule has 0 aliphatic carbocycles. The molecule has 1 atom stereocenters. The highest BCUT2D eigenvalue weighted by Gasteiger charge is 2.29. The van der Waals surface area contributed by atoms with Crippen molar-refractivity contribution in [3.05, 3.63) is 106 Å². The molecular formula is C25H24N2O3. The summed E-state index contributed by atoms with van der Waals surface area (Å²) in [6.07, 6.45) is 2.84. The molecule has 5 heteroatoms. The number of aryl methyl sites for hydroxylation is 1. The average molecular weight is 400 g/mol. The van der Waals surface area contributed by atoms with Crippen molar-refractivity contribution < 1.29 is 9.72 Å². The average Bonchev–Trinajstić information content (AvgIpc) is 2.79. The molecule has 0 spiro atoms. The molecule has 1 aliphatic rings. The zero-order valence-electron chi connectivity index (χ0n) is 16.7. The van der Waals surface area contributed by atoms with Gasteiger partial charge in [-0.3, -0.25) is 14.9 Å². The van der Waals surface area contributed by atoms with Crippen molar-refractivity contribution in [3.63, 3.8) is 0 Å². The van der Waals surface area contributed by atoms with Crippen LogP contribution in [0.3, 0.4) is 0 Å². The van der Waals surface area contributed by atoms with Crippen LogP contribution in [0.4, 0.5) is 11.4 Å². The molecular weight excluding hydrogens is 376 g/mol. The first-order valence-electron chi connectivity index (χ1n) is 10.3. The molecule has 0 fully saturated rings. The number of anilines is 1. The summed E-state index contributed by atoms with van der Waals surface area (Å²) in [6.45, 7) is 0.765. The minimum Gasteiger partial charge on any atom is -0.368 e. The molecule has 0 radical (unpaired) electrons. The van der Waals surface area contributed by atoms with Gasteiger partial charge in [-0.25, -0.2) is 0 Å². The fraction of sp³-hybridized carbons (Fsp3) is 0.240. The molecule has 0 N–H and O–H groups in total. The standard InChI is InChI=1S/C25H24N2O3/c28-25(20-9-5-2-6-10-20)18-22-12-11-21-17-23(27(29)30)13-14-24(21)26(22)16-15-19-7-3-1-4-8-19/h1-10,13-14,17,22H,11-12,15-16,18H2/t22-/m0/s1. The number of carbonyl (C=O) groups is 1. The van der Waals surface area contributed by atoms with Crippen molar-refractivity contribution in [2.24, 2.45) is 0 Å². The fourth-order valence-electron chi connectivity index (χ4n) is 4.21. The van der Waals surface area contributed by atoms with Crippen molar-refractivity contribution >= 4 is 17.2 Å². The predicted octanol–water partition coefficient (Wildman–Crippen LogP) is 5.23. The number of Topliss-reactive ketones (excluding diaryl/α,β-unsaturated/α-hetero) is 1. The number of benzene rings is 3. The SMILES string of the molecule is O=C(C[C@@H]1CCc2cc([N+](=O)[O-])ccc2N1CCc1ccccc1)c1ccccc1. The van der Waals surface area contributed by atoms with Crippen LogP contribution < -0.4 is 4.90 Å². The number of nitro groups is 1. The van der Waals surface area contributed by atoms with Crippen LogP contribution in [0.2, 0.25) is 0 Å². The molecule has 5 nitrogen and oxygen atoms in total. The van der Waals surface area contributed by atoms with E-state index in [1.54, 1.807) is 12.1 Å². The van der Waals surface area contributed by atoms with E-state index >= 15 is 0 Å². The van der Waals surface area contributed by atoms with E-state index in [0.717, 1.165) is 42.6 Å². The largest absolute Gasteiger partial charge is 0.368 e. The number of carbonyl (C=O) groups excluding carboxylic acids is 1. The van der Waals surface area contributed by atoms with Gasteiger partial charge >= 0.3 is 0 Å². The Labute approximate surface area is 176 Å². The highest BCUT2D eigenvalue weighted by molar-refractivity contribution is 5.96. The summed E-state index contributed by atoms with van der Waals surface area (Å²) in [6, 6.07) is 24.8.